The highest BCUT2D eigenvalue weighted by Gasteiger charge is 2.04. The minimum absolute atomic E-state index is 0.217. The van der Waals surface area contributed by atoms with E-state index in [1.807, 2.05) is 18.2 Å². The zero-order valence-electron chi connectivity index (χ0n) is 9.24. The van der Waals surface area contributed by atoms with Crippen molar-refractivity contribution >= 4 is 33.2 Å². The molecule has 0 fully saturated rings. The van der Waals surface area contributed by atoms with Gasteiger partial charge in [0, 0.05) is 18.5 Å². The van der Waals surface area contributed by atoms with Gasteiger partial charge in [-0.3, -0.25) is 0 Å². The van der Waals surface area contributed by atoms with Crippen molar-refractivity contribution in [1.29, 1.82) is 0 Å². The Morgan fingerprint density at radius 2 is 2.25 bits per heavy atom. The fourth-order valence-electron chi connectivity index (χ4n) is 1.48. The summed E-state index contributed by atoms with van der Waals surface area (Å²) in [7, 11) is 0. The summed E-state index contributed by atoms with van der Waals surface area (Å²) in [6.45, 7) is 3.74. The summed E-state index contributed by atoms with van der Waals surface area (Å²) in [6, 6.07) is 8.22. The van der Waals surface area contributed by atoms with Gasteiger partial charge >= 0.3 is 0 Å². The molecule has 1 unspecified atom stereocenters. The fraction of sp³-hybridized carbons (Fsp3) is 0.417. The largest absolute Gasteiger partial charge is 0.309 e. The second-order valence-electron chi connectivity index (χ2n) is 3.71. The number of nitrogens with one attached hydrogen (secondary N) is 1. The summed E-state index contributed by atoms with van der Waals surface area (Å²) in [5.41, 5.74) is 1.09. The smallest absolute Gasteiger partial charge is 0.108 e. The molecule has 2 aromatic rings. The minimum atomic E-state index is 0.217. The van der Waals surface area contributed by atoms with Crippen LogP contribution in [0.1, 0.15) is 18.4 Å². The van der Waals surface area contributed by atoms with E-state index in [4.69, 9.17) is 11.6 Å². The summed E-state index contributed by atoms with van der Waals surface area (Å²) in [5.74, 6) is 0. The molecular formula is C12H15ClN2S. The Morgan fingerprint density at radius 3 is 3.00 bits per heavy atom. The van der Waals surface area contributed by atoms with Gasteiger partial charge in [-0.25, -0.2) is 4.98 Å². The summed E-state index contributed by atoms with van der Waals surface area (Å²) in [5, 5.41) is 4.67. The third-order valence-electron chi connectivity index (χ3n) is 2.42. The first-order chi connectivity index (χ1) is 7.79. The maximum atomic E-state index is 6.03. The number of rotatable bonds is 5. The Hall–Kier alpha value is -0.640. The number of benzene rings is 1. The van der Waals surface area contributed by atoms with E-state index in [2.05, 4.69) is 23.3 Å². The van der Waals surface area contributed by atoms with Gasteiger partial charge in [0.15, 0.2) is 0 Å². The lowest BCUT2D eigenvalue weighted by atomic mass is 10.3. The van der Waals surface area contributed by atoms with Gasteiger partial charge in [-0.1, -0.05) is 19.1 Å². The SMILES string of the molecule is CCC(Cl)CNCc1nc2ccccc2s1. The van der Waals surface area contributed by atoms with E-state index in [1.165, 1.54) is 4.70 Å². The molecule has 1 aromatic carbocycles. The van der Waals surface area contributed by atoms with Crippen LogP contribution in [0.3, 0.4) is 0 Å². The maximum Gasteiger partial charge on any atom is 0.108 e. The summed E-state index contributed by atoms with van der Waals surface area (Å²) in [6.07, 6.45) is 0.994. The number of para-hydroxylation sites is 1. The first kappa shape index (κ1) is 11.8. The Bertz CT molecular complexity index is 422. The van der Waals surface area contributed by atoms with Gasteiger partial charge in [-0.15, -0.1) is 22.9 Å². The van der Waals surface area contributed by atoms with Crippen LogP contribution >= 0.6 is 22.9 Å². The Labute approximate surface area is 105 Å². The van der Waals surface area contributed by atoms with E-state index in [0.717, 1.165) is 30.0 Å². The first-order valence-corrected chi connectivity index (χ1v) is 6.74. The Morgan fingerprint density at radius 1 is 1.44 bits per heavy atom. The normalized spacial score (nSPS) is 13.1. The van der Waals surface area contributed by atoms with Crippen molar-refractivity contribution in [2.75, 3.05) is 6.54 Å². The first-order valence-electron chi connectivity index (χ1n) is 5.49. The summed E-state index contributed by atoms with van der Waals surface area (Å²) < 4.78 is 1.25. The molecule has 16 heavy (non-hydrogen) atoms. The number of halogens is 1. The van der Waals surface area contributed by atoms with E-state index in [9.17, 15) is 0 Å². The zero-order chi connectivity index (χ0) is 11.4. The lowest BCUT2D eigenvalue weighted by molar-refractivity contribution is 0.646. The van der Waals surface area contributed by atoms with Gasteiger partial charge in [0.2, 0.25) is 0 Å². The molecule has 1 heterocycles. The Kier molecular flexibility index (Phi) is 4.16. The molecule has 2 nitrogen and oxygen atoms in total. The van der Waals surface area contributed by atoms with Crippen LogP contribution in [0.2, 0.25) is 0 Å². The lowest BCUT2D eigenvalue weighted by Crippen LogP contribution is -2.22. The zero-order valence-corrected chi connectivity index (χ0v) is 10.8. The molecule has 86 valence electrons. The number of fused-ring (bicyclic) bond motifs is 1. The molecule has 0 saturated carbocycles. The number of aromatic nitrogens is 1. The highest BCUT2D eigenvalue weighted by molar-refractivity contribution is 7.18. The summed E-state index contributed by atoms with van der Waals surface area (Å²) >= 11 is 7.77. The molecule has 0 aliphatic heterocycles. The highest BCUT2D eigenvalue weighted by Crippen LogP contribution is 2.21. The summed E-state index contributed by atoms with van der Waals surface area (Å²) in [4.78, 5) is 4.55. The molecule has 0 aliphatic carbocycles. The topological polar surface area (TPSA) is 24.9 Å². The third kappa shape index (κ3) is 2.94. The molecule has 0 aliphatic rings. The molecule has 2 rings (SSSR count). The third-order valence-corrected chi connectivity index (χ3v) is 3.92. The average Bonchev–Trinajstić information content (AvgIpc) is 2.71. The number of hydrogen-bond donors (Lipinski definition) is 1. The van der Waals surface area contributed by atoms with Crippen molar-refractivity contribution in [2.45, 2.75) is 25.3 Å². The quantitative estimate of drug-likeness (QED) is 0.828. The highest BCUT2D eigenvalue weighted by atomic mass is 35.5. The molecule has 1 atom stereocenters. The van der Waals surface area contributed by atoms with Gasteiger partial charge in [-0.2, -0.15) is 0 Å². The molecule has 1 aromatic heterocycles. The second-order valence-corrected chi connectivity index (χ2v) is 5.44. The van der Waals surface area contributed by atoms with Crippen molar-refractivity contribution in [3.63, 3.8) is 0 Å². The van der Waals surface area contributed by atoms with Crippen LogP contribution in [0, 0.1) is 0 Å². The fourth-order valence-corrected chi connectivity index (χ4v) is 2.52. The number of thiazole rings is 1. The van der Waals surface area contributed by atoms with Crippen LogP contribution in [0.25, 0.3) is 10.2 Å². The van der Waals surface area contributed by atoms with Gasteiger partial charge in [-0.05, 0) is 18.6 Å². The minimum Gasteiger partial charge on any atom is -0.309 e. The monoisotopic (exact) mass is 254 g/mol. The average molecular weight is 255 g/mol. The van der Waals surface area contributed by atoms with Crippen LogP contribution in [-0.4, -0.2) is 16.9 Å². The van der Waals surface area contributed by atoms with Crippen molar-refractivity contribution in [2.24, 2.45) is 0 Å². The molecule has 0 bridgehead atoms. The second kappa shape index (κ2) is 5.62. The van der Waals surface area contributed by atoms with E-state index in [1.54, 1.807) is 11.3 Å². The molecular weight excluding hydrogens is 240 g/mol. The molecule has 0 saturated heterocycles. The molecule has 0 amide bonds. The van der Waals surface area contributed by atoms with E-state index >= 15 is 0 Å². The standard InChI is InChI=1S/C12H15ClN2S/c1-2-9(13)7-14-8-12-15-10-5-3-4-6-11(10)16-12/h3-6,9,14H,2,7-8H2,1H3. The van der Waals surface area contributed by atoms with E-state index in [-0.39, 0.29) is 5.38 Å². The van der Waals surface area contributed by atoms with Gasteiger partial charge in [0.25, 0.3) is 0 Å². The maximum absolute atomic E-state index is 6.03. The molecule has 0 radical (unpaired) electrons. The predicted octanol–water partition coefficient (Wildman–Crippen LogP) is 3.40. The lowest BCUT2D eigenvalue weighted by Gasteiger charge is -2.06. The number of hydrogen-bond acceptors (Lipinski definition) is 3. The van der Waals surface area contributed by atoms with Crippen LogP contribution in [0.15, 0.2) is 24.3 Å². The van der Waals surface area contributed by atoms with Crippen molar-refractivity contribution in [3.05, 3.63) is 29.3 Å². The van der Waals surface area contributed by atoms with Crippen LogP contribution in [0.5, 0.6) is 0 Å². The number of nitrogens with zero attached hydrogens (tertiary/aromatic N) is 1. The van der Waals surface area contributed by atoms with Crippen LogP contribution in [0.4, 0.5) is 0 Å². The molecule has 4 heteroatoms. The number of alkyl halides is 1. The predicted molar refractivity (Wildman–Crippen MR) is 71.3 cm³/mol. The molecule has 1 N–H and O–H groups in total. The Balaban J connectivity index is 1.94. The van der Waals surface area contributed by atoms with Gasteiger partial charge in [0.1, 0.15) is 5.01 Å². The molecule has 0 spiro atoms. The van der Waals surface area contributed by atoms with Crippen LogP contribution in [-0.2, 0) is 6.54 Å². The van der Waals surface area contributed by atoms with Crippen molar-refractivity contribution < 1.29 is 0 Å². The van der Waals surface area contributed by atoms with Crippen molar-refractivity contribution in [1.82, 2.24) is 10.3 Å². The van der Waals surface area contributed by atoms with Gasteiger partial charge in [0.05, 0.1) is 10.2 Å². The van der Waals surface area contributed by atoms with E-state index < -0.39 is 0 Å². The van der Waals surface area contributed by atoms with Gasteiger partial charge < -0.3 is 5.32 Å². The van der Waals surface area contributed by atoms with E-state index in [0.29, 0.717) is 0 Å². The van der Waals surface area contributed by atoms with Crippen LogP contribution < -0.4 is 5.32 Å². The van der Waals surface area contributed by atoms with Crippen molar-refractivity contribution in [3.8, 4) is 0 Å².